The first-order valence-electron chi connectivity index (χ1n) is 7.08. The third-order valence-electron chi connectivity index (χ3n) is 3.74. The van der Waals surface area contributed by atoms with Gasteiger partial charge in [0.1, 0.15) is 0 Å². The summed E-state index contributed by atoms with van der Waals surface area (Å²) in [6.07, 6.45) is 1.82. The monoisotopic (exact) mass is 278 g/mol. The Labute approximate surface area is 123 Å². The summed E-state index contributed by atoms with van der Waals surface area (Å²) in [6, 6.07) is 15.2. The van der Waals surface area contributed by atoms with Crippen LogP contribution in [-0.2, 0) is 0 Å². The maximum atomic E-state index is 12.0. The maximum absolute atomic E-state index is 12.0. The van der Waals surface area contributed by atoms with E-state index in [1.54, 1.807) is 6.07 Å². The molecule has 0 spiro atoms. The zero-order valence-electron chi connectivity index (χ0n) is 12.2. The van der Waals surface area contributed by atoms with Crippen molar-refractivity contribution in [2.75, 3.05) is 5.73 Å². The normalized spacial score (nSPS) is 11.2. The predicted octanol–water partition coefficient (Wildman–Crippen LogP) is 3.70. The highest BCUT2D eigenvalue weighted by molar-refractivity contribution is 5.81. The molecular weight excluding hydrogens is 260 g/mol. The third kappa shape index (κ3) is 2.31. The van der Waals surface area contributed by atoms with Crippen LogP contribution in [0.2, 0.25) is 0 Å². The van der Waals surface area contributed by atoms with E-state index >= 15 is 0 Å². The average Bonchev–Trinajstić information content (AvgIpc) is 2.47. The minimum atomic E-state index is 0.0388. The number of rotatable bonds is 2. The molecule has 3 aromatic rings. The first-order chi connectivity index (χ1) is 10.1. The third-order valence-corrected chi connectivity index (χ3v) is 3.74. The lowest BCUT2D eigenvalue weighted by molar-refractivity contribution is 0.850. The lowest BCUT2D eigenvalue weighted by Gasteiger charge is -2.18. The Morgan fingerprint density at radius 1 is 1.05 bits per heavy atom. The number of fused-ring (bicyclic) bond motifs is 1. The van der Waals surface area contributed by atoms with Crippen LogP contribution >= 0.6 is 0 Å². The topological polar surface area (TPSA) is 48.0 Å². The molecule has 2 aromatic carbocycles. The molecule has 0 unspecified atom stereocenters. The zero-order valence-corrected chi connectivity index (χ0v) is 12.2. The lowest BCUT2D eigenvalue weighted by Crippen LogP contribution is -2.09. The zero-order chi connectivity index (χ0) is 15.0. The number of nitrogens with two attached hydrogens (primary N) is 1. The molecule has 3 heteroatoms. The van der Waals surface area contributed by atoms with Crippen LogP contribution in [0.25, 0.3) is 16.6 Å². The van der Waals surface area contributed by atoms with E-state index in [0.717, 1.165) is 22.3 Å². The molecule has 0 radical (unpaired) electrons. The van der Waals surface area contributed by atoms with Crippen LogP contribution in [0.3, 0.4) is 0 Å². The molecule has 0 amide bonds. The largest absolute Gasteiger partial charge is 0.399 e. The van der Waals surface area contributed by atoms with E-state index in [2.05, 4.69) is 19.9 Å². The smallest absolute Gasteiger partial charge is 0.189 e. The van der Waals surface area contributed by atoms with Crippen LogP contribution in [0.4, 0.5) is 5.69 Å². The van der Waals surface area contributed by atoms with Gasteiger partial charge in [0, 0.05) is 23.3 Å². The second-order valence-corrected chi connectivity index (χ2v) is 5.54. The summed E-state index contributed by atoms with van der Waals surface area (Å²) in [5.41, 5.74) is 9.86. The summed E-state index contributed by atoms with van der Waals surface area (Å²) in [5, 5.41) is 0.720. The van der Waals surface area contributed by atoms with Crippen LogP contribution < -0.4 is 11.2 Å². The van der Waals surface area contributed by atoms with E-state index in [0.29, 0.717) is 5.92 Å². The van der Waals surface area contributed by atoms with Gasteiger partial charge >= 0.3 is 0 Å². The maximum Gasteiger partial charge on any atom is 0.189 e. The summed E-state index contributed by atoms with van der Waals surface area (Å²) in [6.45, 7) is 4.31. The van der Waals surface area contributed by atoms with Crippen molar-refractivity contribution in [3.8, 4) is 5.69 Å². The Hall–Kier alpha value is -2.55. The molecular formula is C18H18N2O. The quantitative estimate of drug-likeness (QED) is 0.727. The fraction of sp³-hybridized carbons (Fsp3) is 0.167. The second-order valence-electron chi connectivity index (χ2n) is 5.54. The molecule has 106 valence electrons. The molecule has 3 rings (SSSR count). The van der Waals surface area contributed by atoms with Crippen molar-refractivity contribution in [1.29, 1.82) is 0 Å². The van der Waals surface area contributed by atoms with E-state index in [1.165, 1.54) is 5.56 Å². The molecule has 0 saturated carbocycles. The fourth-order valence-corrected chi connectivity index (χ4v) is 2.67. The van der Waals surface area contributed by atoms with Gasteiger partial charge in [-0.05, 0) is 35.7 Å². The van der Waals surface area contributed by atoms with Gasteiger partial charge in [-0.1, -0.05) is 32.0 Å². The molecule has 0 bridgehead atoms. The van der Waals surface area contributed by atoms with Gasteiger partial charge in [0.15, 0.2) is 5.43 Å². The fourth-order valence-electron chi connectivity index (χ4n) is 2.67. The second kappa shape index (κ2) is 5.09. The summed E-state index contributed by atoms with van der Waals surface area (Å²) in [4.78, 5) is 12.0. The van der Waals surface area contributed by atoms with Gasteiger partial charge < -0.3 is 10.3 Å². The minimum Gasteiger partial charge on any atom is -0.399 e. The Balaban J connectivity index is 2.39. The van der Waals surface area contributed by atoms with Crippen LogP contribution in [0.5, 0.6) is 0 Å². The van der Waals surface area contributed by atoms with Crippen LogP contribution in [-0.4, -0.2) is 4.57 Å². The highest BCUT2D eigenvalue weighted by atomic mass is 16.1. The van der Waals surface area contributed by atoms with Gasteiger partial charge in [-0.25, -0.2) is 0 Å². The Bertz CT molecular complexity index is 862. The highest BCUT2D eigenvalue weighted by Gasteiger charge is 2.11. The lowest BCUT2D eigenvalue weighted by atomic mass is 10.00. The van der Waals surface area contributed by atoms with Crippen molar-refractivity contribution in [2.24, 2.45) is 0 Å². The Morgan fingerprint density at radius 2 is 1.81 bits per heavy atom. The number of hydrogen-bond acceptors (Lipinski definition) is 2. The molecule has 0 fully saturated rings. The molecule has 0 atom stereocenters. The highest BCUT2D eigenvalue weighted by Crippen LogP contribution is 2.27. The van der Waals surface area contributed by atoms with Crippen LogP contribution in [0.15, 0.2) is 59.5 Å². The number of pyridine rings is 1. The summed E-state index contributed by atoms with van der Waals surface area (Å²) >= 11 is 0. The van der Waals surface area contributed by atoms with Gasteiger partial charge in [0.05, 0.1) is 11.2 Å². The van der Waals surface area contributed by atoms with Crippen LogP contribution in [0.1, 0.15) is 25.3 Å². The SMILES string of the molecule is CC(C)c1ccc(N)cc1-n1ccc(=O)c2ccccc21. The van der Waals surface area contributed by atoms with Crippen molar-refractivity contribution < 1.29 is 0 Å². The van der Waals surface area contributed by atoms with Crippen LogP contribution in [0, 0.1) is 0 Å². The minimum absolute atomic E-state index is 0.0388. The van der Waals surface area contributed by atoms with E-state index in [-0.39, 0.29) is 5.43 Å². The number of nitrogens with zero attached hydrogens (tertiary/aromatic N) is 1. The first kappa shape index (κ1) is 13.4. The molecule has 1 heterocycles. The molecule has 21 heavy (non-hydrogen) atoms. The molecule has 0 saturated heterocycles. The van der Waals surface area contributed by atoms with Gasteiger partial charge in [-0.2, -0.15) is 0 Å². The Kier molecular flexibility index (Phi) is 3.26. The van der Waals surface area contributed by atoms with Gasteiger partial charge in [0.25, 0.3) is 0 Å². The summed E-state index contributed by atoms with van der Waals surface area (Å²) in [7, 11) is 0. The van der Waals surface area contributed by atoms with Crippen molar-refractivity contribution in [3.05, 3.63) is 70.5 Å². The van der Waals surface area contributed by atoms with E-state index < -0.39 is 0 Å². The number of hydrogen-bond donors (Lipinski definition) is 1. The van der Waals surface area contributed by atoms with Crippen molar-refractivity contribution in [2.45, 2.75) is 19.8 Å². The van der Waals surface area contributed by atoms with Gasteiger partial charge in [-0.3, -0.25) is 4.79 Å². The molecule has 0 aliphatic heterocycles. The van der Waals surface area contributed by atoms with Crippen molar-refractivity contribution >= 4 is 16.6 Å². The standard InChI is InChI=1S/C18H18N2O/c1-12(2)14-8-7-13(19)11-17(14)20-10-9-18(21)15-5-3-4-6-16(15)20/h3-12H,19H2,1-2H3. The number of anilines is 1. The van der Waals surface area contributed by atoms with E-state index in [1.807, 2.05) is 47.2 Å². The predicted molar refractivity (Wildman–Crippen MR) is 88.0 cm³/mol. The molecule has 0 aliphatic carbocycles. The molecule has 3 nitrogen and oxygen atoms in total. The van der Waals surface area contributed by atoms with Crippen molar-refractivity contribution in [3.63, 3.8) is 0 Å². The number of benzene rings is 2. The van der Waals surface area contributed by atoms with Gasteiger partial charge in [0.2, 0.25) is 0 Å². The summed E-state index contributed by atoms with van der Waals surface area (Å²) in [5.74, 6) is 0.374. The number of para-hydroxylation sites is 1. The average molecular weight is 278 g/mol. The van der Waals surface area contributed by atoms with E-state index in [4.69, 9.17) is 5.73 Å². The first-order valence-corrected chi connectivity index (χ1v) is 7.08. The van der Waals surface area contributed by atoms with E-state index in [9.17, 15) is 4.79 Å². The molecule has 2 N–H and O–H groups in total. The Morgan fingerprint density at radius 3 is 2.57 bits per heavy atom. The van der Waals surface area contributed by atoms with Gasteiger partial charge in [-0.15, -0.1) is 0 Å². The number of nitrogen functional groups attached to an aromatic ring is 1. The molecule has 1 aromatic heterocycles. The number of aromatic nitrogens is 1. The molecule has 0 aliphatic rings. The summed E-state index contributed by atoms with van der Waals surface area (Å²) < 4.78 is 2.04. The van der Waals surface area contributed by atoms with Crippen molar-refractivity contribution in [1.82, 2.24) is 4.57 Å².